The van der Waals surface area contributed by atoms with E-state index in [9.17, 15) is 13.2 Å². The van der Waals surface area contributed by atoms with Gasteiger partial charge in [-0.3, -0.25) is 0 Å². The van der Waals surface area contributed by atoms with Gasteiger partial charge in [0.2, 0.25) is 0 Å². The maximum absolute atomic E-state index is 12.5. The zero-order valence-corrected chi connectivity index (χ0v) is 20.2. The molecule has 0 spiro atoms. The lowest BCUT2D eigenvalue weighted by molar-refractivity contribution is -0.137. The average Bonchev–Trinajstić information content (AvgIpc) is 2.73. The first-order valence-electron chi connectivity index (χ1n) is 9.75. The topological polar surface area (TPSA) is 40.0 Å². The Hall–Kier alpha value is -1.80. The van der Waals surface area contributed by atoms with Crippen LogP contribution in [-0.2, 0) is 11.0 Å². The summed E-state index contributed by atoms with van der Waals surface area (Å²) < 4.78 is 48.7. The Morgan fingerprint density at radius 3 is 2.15 bits per heavy atom. The van der Waals surface area contributed by atoms with Crippen molar-refractivity contribution in [2.24, 2.45) is 5.16 Å². The summed E-state index contributed by atoms with van der Waals surface area (Å²) in [5.41, 5.74) is -0.194. The van der Waals surface area contributed by atoms with Gasteiger partial charge in [0.15, 0.2) is 5.75 Å². The van der Waals surface area contributed by atoms with Gasteiger partial charge in [0.1, 0.15) is 23.5 Å². The van der Waals surface area contributed by atoms with Crippen LogP contribution in [0.4, 0.5) is 13.2 Å². The van der Waals surface area contributed by atoms with Crippen LogP contribution in [0.1, 0.15) is 30.4 Å². The second kappa shape index (κ2) is 13.8. The van der Waals surface area contributed by atoms with Crippen LogP contribution >= 0.6 is 46.4 Å². The molecule has 0 radical (unpaired) electrons. The molecular weight excluding hydrogens is 525 g/mol. The Kier molecular flexibility index (Phi) is 11.5. The summed E-state index contributed by atoms with van der Waals surface area (Å²) in [4.78, 5) is 5.13. The Labute approximate surface area is 209 Å². The monoisotopic (exact) mass is 543 g/mol. The van der Waals surface area contributed by atoms with E-state index in [0.29, 0.717) is 40.3 Å². The number of oxime groups is 1. The molecule has 0 atom stereocenters. The van der Waals surface area contributed by atoms with Crippen LogP contribution in [-0.4, -0.2) is 26.0 Å². The molecule has 0 heterocycles. The van der Waals surface area contributed by atoms with Gasteiger partial charge >= 0.3 is 6.18 Å². The van der Waals surface area contributed by atoms with Gasteiger partial charge in [-0.1, -0.05) is 63.7 Å². The average molecular weight is 545 g/mol. The summed E-state index contributed by atoms with van der Waals surface area (Å²) in [5, 5.41) is 4.40. The number of nitrogens with zero attached hydrogens (tertiary/aromatic N) is 1. The molecule has 0 bridgehead atoms. The highest BCUT2D eigenvalue weighted by Crippen LogP contribution is 2.37. The van der Waals surface area contributed by atoms with E-state index < -0.39 is 11.7 Å². The van der Waals surface area contributed by atoms with Crippen molar-refractivity contribution in [1.82, 2.24) is 0 Å². The van der Waals surface area contributed by atoms with E-state index in [1.807, 2.05) is 0 Å². The van der Waals surface area contributed by atoms with Crippen LogP contribution in [0, 0.1) is 0 Å². The molecule has 0 aromatic heterocycles. The molecule has 2 aromatic rings. The Bertz CT molecular complexity index is 924. The molecule has 2 rings (SSSR count). The van der Waals surface area contributed by atoms with Crippen molar-refractivity contribution in [3.63, 3.8) is 0 Å². The second-order valence-electron chi connectivity index (χ2n) is 6.62. The van der Waals surface area contributed by atoms with Crippen molar-refractivity contribution < 1.29 is 27.5 Å². The van der Waals surface area contributed by atoms with Gasteiger partial charge in [0.25, 0.3) is 0 Å². The first kappa shape index (κ1) is 27.4. The third-order valence-electron chi connectivity index (χ3n) is 4.10. The predicted molar refractivity (Wildman–Crippen MR) is 126 cm³/mol. The normalized spacial score (nSPS) is 11.5. The first-order chi connectivity index (χ1) is 15.7. The lowest BCUT2D eigenvalue weighted by Crippen LogP contribution is -2.04. The fourth-order valence-corrected chi connectivity index (χ4v) is 3.19. The maximum Gasteiger partial charge on any atom is 0.416 e. The third kappa shape index (κ3) is 10.3. The summed E-state index contributed by atoms with van der Waals surface area (Å²) in [7, 11) is 0. The Morgan fingerprint density at radius 2 is 1.55 bits per heavy atom. The number of alkyl halides is 3. The van der Waals surface area contributed by atoms with Crippen LogP contribution in [0.2, 0.25) is 10.0 Å². The number of unbranched alkanes of at least 4 members (excludes halogenated alkanes) is 2. The minimum atomic E-state index is -4.36. The van der Waals surface area contributed by atoms with Crippen LogP contribution < -0.4 is 9.47 Å². The third-order valence-corrected chi connectivity index (χ3v) is 4.97. The molecule has 0 unspecified atom stereocenters. The Morgan fingerprint density at radius 1 is 0.909 bits per heavy atom. The van der Waals surface area contributed by atoms with Gasteiger partial charge in [-0.05, 0) is 43.0 Å². The lowest BCUT2D eigenvalue weighted by Gasteiger charge is -2.12. The highest BCUT2D eigenvalue weighted by molar-refractivity contribution is 6.55. The van der Waals surface area contributed by atoms with Crippen LogP contribution in [0.15, 0.2) is 52.1 Å². The molecule has 0 amide bonds. The molecule has 0 N–H and O–H groups in total. The zero-order valence-electron chi connectivity index (χ0n) is 17.2. The molecule has 11 heteroatoms. The van der Waals surface area contributed by atoms with E-state index in [0.717, 1.165) is 31.4 Å². The van der Waals surface area contributed by atoms with Crippen molar-refractivity contribution >= 4 is 52.6 Å². The molecule has 0 aliphatic heterocycles. The minimum absolute atomic E-state index is 0.100. The van der Waals surface area contributed by atoms with Gasteiger partial charge in [0, 0.05) is 12.1 Å². The second-order valence-corrected chi connectivity index (χ2v) is 8.44. The van der Waals surface area contributed by atoms with E-state index in [4.69, 9.17) is 60.7 Å². The first-order valence-corrected chi connectivity index (χ1v) is 11.3. The molecule has 0 saturated carbocycles. The summed E-state index contributed by atoms with van der Waals surface area (Å²) >= 11 is 23.5. The summed E-state index contributed by atoms with van der Waals surface area (Å²) in [5.74, 6) is 0.825. The van der Waals surface area contributed by atoms with Crippen molar-refractivity contribution in [2.45, 2.75) is 25.4 Å². The van der Waals surface area contributed by atoms with Crippen molar-refractivity contribution in [3.05, 3.63) is 68.1 Å². The van der Waals surface area contributed by atoms with E-state index in [2.05, 4.69) is 5.16 Å². The number of halogens is 7. The summed E-state index contributed by atoms with van der Waals surface area (Å²) in [6, 6.07) is 7.82. The van der Waals surface area contributed by atoms with Crippen molar-refractivity contribution in [1.29, 1.82) is 0 Å². The highest BCUT2D eigenvalue weighted by atomic mass is 35.5. The smallest absolute Gasteiger partial charge is 0.416 e. The van der Waals surface area contributed by atoms with E-state index >= 15 is 0 Å². The highest BCUT2D eigenvalue weighted by Gasteiger charge is 2.29. The SMILES string of the molecule is FC(F)(F)c1ccc(C=NOCCCCCOc2c(Cl)cc(OCC=C(Cl)Cl)cc2Cl)cc1. The van der Waals surface area contributed by atoms with Crippen molar-refractivity contribution in [2.75, 3.05) is 19.8 Å². The minimum Gasteiger partial charge on any atom is -0.490 e. The largest absolute Gasteiger partial charge is 0.490 e. The molecule has 0 aliphatic rings. The molecule has 0 fully saturated rings. The number of rotatable bonds is 12. The van der Waals surface area contributed by atoms with Gasteiger partial charge in [0.05, 0.1) is 28.4 Å². The molecular formula is C22H20Cl4F3NO3. The van der Waals surface area contributed by atoms with E-state index in [1.54, 1.807) is 12.1 Å². The Balaban J connectivity index is 1.63. The molecule has 0 saturated heterocycles. The molecule has 2 aromatic carbocycles. The molecule has 4 nitrogen and oxygen atoms in total. The fourth-order valence-electron chi connectivity index (χ4n) is 2.49. The molecule has 33 heavy (non-hydrogen) atoms. The van der Waals surface area contributed by atoms with Gasteiger partial charge in [-0.2, -0.15) is 13.2 Å². The van der Waals surface area contributed by atoms with E-state index in [1.165, 1.54) is 24.4 Å². The standard InChI is InChI=1S/C22H20Cl4F3NO3/c23-18-12-17(31-11-8-20(25)26)13-19(24)21(18)32-9-2-1-3-10-33-30-14-15-4-6-16(7-5-15)22(27,28)29/h4-8,12-14H,1-3,9-11H2. The summed E-state index contributed by atoms with van der Waals surface area (Å²) in [6.45, 7) is 0.941. The quantitative estimate of drug-likeness (QED) is 0.153. The number of hydrogen-bond donors (Lipinski definition) is 0. The maximum atomic E-state index is 12.5. The van der Waals surface area contributed by atoms with Crippen LogP contribution in [0.3, 0.4) is 0 Å². The van der Waals surface area contributed by atoms with Crippen molar-refractivity contribution in [3.8, 4) is 11.5 Å². The number of benzene rings is 2. The zero-order chi connectivity index (χ0) is 24.3. The predicted octanol–water partition coefficient (Wildman–Crippen LogP) is 8.31. The summed E-state index contributed by atoms with van der Waals surface area (Å²) in [6.07, 6.45) is 0.744. The number of ether oxygens (including phenoxy) is 2. The number of hydrogen-bond acceptors (Lipinski definition) is 4. The molecule has 0 aliphatic carbocycles. The lowest BCUT2D eigenvalue weighted by atomic mass is 10.1. The van der Waals surface area contributed by atoms with Gasteiger partial charge < -0.3 is 14.3 Å². The van der Waals surface area contributed by atoms with Gasteiger partial charge in [-0.25, -0.2) is 0 Å². The van der Waals surface area contributed by atoms with E-state index in [-0.39, 0.29) is 11.1 Å². The van der Waals surface area contributed by atoms with Crippen LogP contribution in [0.25, 0.3) is 0 Å². The van der Waals surface area contributed by atoms with Crippen LogP contribution in [0.5, 0.6) is 11.5 Å². The van der Waals surface area contributed by atoms with Gasteiger partial charge in [-0.15, -0.1) is 0 Å². The fraction of sp³-hybridized carbons (Fsp3) is 0.318. The molecule has 180 valence electrons.